The van der Waals surface area contributed by atoms with Gasteiger partial charge < -0.3 is 9.80 Å². The highest BCUT2D eigenvalue weighted by Gasteiger charge is 2.44. The van der Waals surface area contributed by atoms with Gasteiger partial charge in [-0.15, -0.1) is 0 Å². The van der Waals surface area contributed by atoms with Gasteiger partial charge in [-0.25, -0.2) is 4.98 Å². The lowest BCUT2D eigenvalue weighted by Gasteiger charge is -2.26. The van der Waals surface area contributed by atoms with Crippen LogP contribution in [0.4, 0.5) is 5.82 Å². The van der Waals surface area contributed by atoms with Crippen molar-refractivity contribution in [2.45, 2.75) is 32.1 Å². The van der Waals surface area contributed by atoms with Gasteiger partial charge in [-0.05, 0) is 68.1 Å². The van der Waals surface area contributed by atoms with Crippen LogP contribution in [0.25, 0.3) is 0 Å². The summed E-state index contributed by atoms with van der Waals surface area (Å²) >= 11 is 5.68. The average molecular weight is 407 g/mol. The largest absolute Gasteiger partial charge is 0.356 e. The second-order valence-electron chi connectivity index (χ2n) is 8.37. The molecule has 1 spiro atoms. The summed E-state index contributed by atoms with van der Waals surface area (Å²) in [5, 5.41) is 5.38. The molecule has 1 unspecified atom stereocenters. The second kappa shape index (κ2) is 7.71. The van der Waals surface area contributed by atoms with E-state index in [1.165, 1.54) is 18.4 Å². The Bertz CT molecular complexity index is 930. The van der Waals surface area contributed by atoms with E-state index in [1.54, 1.807) is 0 Å². The van der Waals surface area contributed by atoms with Gasteiger partial charge in [0.1, 0.15) is 5.82 Å². The first-order valence-corrected chi connectivity index (χ1v) is 10.9. The van der Waals surface area contributed by atoms with Crippen LogP contribution in [0.5, 0.6) is 0 Å². The summed E-state index contributed by atoms with van der Waals surface area (Å²) in [6.45, 7) is 4.09. The summed E-state index contributed by atoms with van der Waals surface area (Å²) in [4.78, 5) is 13.7. The molecule has 29 heavy (non-hydrogen) atoms. The smallest absolute Gasteiger partial charge is 0.189 e. The third-order valence-corrected chi connectivity index (χ3v) is 6.80. The Morgan fingerprint density at radius 2 is 1.93 bits per heavy atom. The summed E-state index contributed by atoms with van der Waals surface area (Å²) in [6.07, 6.45) is 9.21. The number of aryl methyl sites for hydroxylation is 1. The number of nitrogens with one attached hydrogen (secondary N) is 1. The fraction of sp³-hybridized carbons (Fsp3) is 0.455. The molecule has 2 saturated heterocycles. The number of hydrogen-bond acceptors (Lipinski definition) is 5. The molecule has 7 heteroatoms. The van der Waals surface area contributed by atoms with Gasteiger partial charge in [0.2, 0.25) is 0 Å². The predicted molar refractivity (Wildman–Crippen MR) is 119 cm³/mol. The van der Waals surface area contributed by atoms with Gasteiger partial charge in [0.15, 0.2) is 5.11 Å². The number of nitrogens with zero attached hydrogens (tertiary/aromatic N) is 5. The molecule has 0 bridgehead atoms. The first-order valence-electron chi connectivity index (χ1n) is 10.4. The van der Waals surface area contributed by atoms with Gasteiger partial charge in [0, 0.05) is 44.0 Å². The number of rotatable bonds is 2. The van der Waals surface area contributed by atoms with Crippen LogP contribution < -0.4 is 10.3 Å². The average Bonchev–Trinajstić information content (AvgIpc) is 3.39. The van der Waals surface area contributed by atoms with Crippen LogP contribution in [0, 0.1) is 5.41 Å². The summed E-state index contributed by atoms with van der Waals surface area (Å²) in [7, 11) is 0. The van der Waals surface area contributed by atoms with E-state index in [0.717, 1.165) is 67.8 Å². The molecule has 0 saturated carbocycles. The molecule has 2 fully saturated rings. The summed E-state index contributed by atoms with van der Waals surface area (Å²) in [5.41, 5.74) is 6.79. The fourth-order valence-electron chi connectivity index (χ4n) is 4.87. The zero-order chi connectivity index (χ0) is 19.7. The maximum absolute atomic E-state index is 5.68. The number of likely N-dealkylation sites (tertiary alicyclic amines) is 1. The molecule has 1 atom stereocenters. The molecule has 150 valence electrons. The summed E-state index contributed by atoms with van der Waals surface area (Å²) in [5.74, 6) is 1.08. The Balaban J connectivity index is 1.22. The molecule has 0 aromatic carbocycles. The molecule has 0 amide bonds. The Hall–Kier alpha value is -2.54. The molecule has 2 aromatic heterocycles. The monoisotopic (exact) mass is 406 g/mol. The molecule has 6 nitrogen and oxygen atoms in total. The normalized spacial score (nSPS) is 24.9. The van der Waals surface area contributed by atoms with Crippen LogP contribution in [-0.2, 0) is 6.42 Å². The van der Waals surface area contributed by atoms with E-state index in [9.17, 15) is 0 Å². The van der Waals surface area contributed by atoms with E-state index >= 15 is 0 Å². The molecule has 2 aliphatic heterocycles. The van der Waals surface area contributed by atoms with Gasteiger partial charge >= 0.3 is 0 Å². The number of hydrazone groups is 1. The van der Waals surface area contributed by atoms with E-state index in [1.807, 2.05) is 24.5 Å². The topological polar surface area (TPSA) is 56.7 Å². The third kappa shape index (κ3) is 3.71. The highest BCUT2D eigenvalue weighted by molar-refractivity contribution is 7.80. The minimum atomic E-state index is 0.301. The standard InChI is InChI=1S/C22H26N6S/c29-21(26-25-18-7-3-5-17-6-4-12-24-20(17)18)28-14-10-22(16-28)9-13-27(15-22)19-8-1-2-11-23-19/h1-2,4,6,8,11-12H,3,5,7,9-10,13-16H2,(H,26,29)/b25-18+. The lowest BCUT2D eigenvalue weighted by molar-refractivity contribution is 0.339. The molecule has 0 radical (unpaired) electrons. The van der Waals surface area contributed by atoms with E-state index in [2.05, 4.69) is 48.5 Å². The number of thiocarbonyl (C=S) groups is 1. The van der Waals surface area contributed by atoms with Crippen molar-refractivity contribution in [3.05, 3.63) is 54.0 Å². The van der Waals surface area contributed by atoms with Crippen molar-refractivity contribution in [3.8, 4) is 0 Å². The van der Waals surface area contributed by atoms with Crippen LogP contribution in [0.3, 0.4) is 0 Å². The number of anilines is 1. The van der Waals surface area contributed by atoms with Crippen molar-refractivity contribution in [2.24, 2.45) is 10.5 Å². The Kier molecular flexibility index (Phi) is 4.91. The highest BCUT2D eigenvalue weighted by atomic mass is 32.1. The number of hydrogen-bond donors (Lipinski definition) is 1. The quantitative estimate of drug-likeness (QED) is 0.611. The van der Waals surface area contributed by atoms with Gasteiger partial charge in [-0.2, -0.15) is 5.10 Å². The third-order valence-electron chi connectivity index (χ3n) is 6.45. The first-order chi connectivity index (χ1) is 14.2. The van der Waals surface area contributed by atoms with E-state index in [4.69, 9.17) is 12.2 Å². The SMILES string of the molecule is S=C(N/N=C1\CCCc2cccnc21)N1CCC2(CCN(c3ccccn3)C2)C1. The Morgan fingerprint density at radius 3 is 2.83 bits per heavy atom. The number of pyridine rings is 2. The molecule has 2 aromatic rings. The van der Waals surface area contributed by atoms with Crippen molar-refractivity contribution in [1.82, 2.24) is 20.3 Å². The first kappa shape index (κ1) is 18.5. The maximum Gasteiger partial charge on any atom is 0.189 e. The summed E-state index contributed by atoms with van der Waals surface area (Å²) in [6, 6.07) is 10.3. The summed E-state index contributed by atoms with van der Waals surface area (Å²) < 4.78 is 0. The van der Waals surface area contributed by atoms with Crippen LogP contribution in [0.2, 0.25) is 0 Å². The van der Waals surface area contributed by atoms with Crippen LogP contribution in [0.15, 0.2) is 47.8 Å². The Morgan fingerprint density at radius 1 is 1.03 bits per heavy atom. The number of aromatic nitrogens is 2. The van der Waals surface area contributed by atoms with Crippen molar-refractivity contribution in [1.29, 1.82) is 0 Å². The molecule has 4 heterocycles. The zero-order valence-corrected chi connectivity index (χ0v) is 17.4. The molecular formula is C22H26N6S. The Labute approximate surface area is 177 Å². The minimum absolute atomic E-state index is 0.301. The van der Waals surface area contributed by atoms with Crippen LogP contribution in [-0.4, -0.2) is 51.9 Å². The van der Waals surface area contributed by atoms with Crippen molar-refractivity contribution < 1.29 is 0 Å². The second-order valence-corrected chi connectivity index (χ2v) is 8.76. The molecule has 1 aliphatic carbocycles. The molecule has 3 aliphatic rings. The molecular weight excluding hydrogens is 380 g/mol. The lowest BCUT2D eigenvalue weighted by Crippen LogP contribution is -2.39. The van der Waals surface area contributed by atoms with Crippen LogP contribution >= 0.6 is 12.2 Å². The van der Waals surface area contributed by atoms with Crippen LogP contribution in [0.1, 0.15) is 36.9 Å². The zero-order valence-electron chi connectivity index (χ0n) is 16.5. The van der Waals surface area contributed by atoms with Gasteiger partial charge in [-0.3, -0.25) is 10.4 Å². The van der Waals surface area contributed by atoms with Gasteiger partial charge in [0.25, 0.3) is 0 Å². The van der Waals surface area contributed by atoms with Crippen molar-refractivity contribution >= 4 is 28.9 Å². The predicted octanol–water partition coefficient (Wildman–Crippen LogP) is 2.99. The van der Waals surface area contributed by atoms with E-state index in [0.29, 0.717) is 5.41 Å². The molecule has 5 rings (SSSR count). The maximum atomic E-state index is 5.68. The lowest BCUT2D eigenvalue weighted by atomic mass is 9.86. The van der Waals surface area contributed by atoms with Gasteiger partial charge in [0.05, 0.1) is 11.4 Å². The van der Waals surface area contributed by atoms with Gasteiger partial charge in [-0.1, -0.05) is 12.1 Å². The van der Waals surface area contributed by atoms with E-state index in [-0.39, 0.29) is 0 Å². The highest BCUT2D eigenvalue weighted by Crippen LogP contribution is 2.40. The fourth-order valence-corrected chi connectivity index (χ4v) is 5.07. The van der Waals surface area contributed by atoms with Crippen molar-refractivity contribution in [2.75, 3.05) is 31.1 Å². The minimum Gasteiger partial charge on any atom is -0.356 e. The molecule has 1 N–H and O–H groups in total. The van der Waals surface area contributed by atoms with E-state index < -0.39 is 0 Å². The number of fused-ring (bicyclic) bond motifs is 1. The van der Waals surface area contributed by atoms with Crippen molar-refractivity contribution in [3.63, 3.8) is 0 Å².